The van der Waals surface area contributed by atoms with Crippen molar-refractivity contribution >= 4 is 29.6 Å². The van der Waals surface area contributed by atoms with Crippen molar-refractivity contribution in [3.8, 4) is 0 Å². The van der Waals surface area contributed by atoms with Gasteiger partial charge in [-0.25, -0.2) is 5.43 Å². The Labute approximate surface area is 144 Å². The number of thioether (sulfide) groups is 1. The Kier molecular flexibility index (Phi) is 6.51. The topological polar surface area (TPSA) is 84.6 Å². The van der Waals surface area contributed by atoms with Crippen LogP contribution in [0.1, 0.15) is 16.7 Å². The van der Waals surface area contributed by atoms with Crippen molar-refractivity contribution in [2.45, 2.75) is 12.7 Å². The van der Waals surface area contributed by atoms with Crippen LogP contribution in [0.5, 0.6) is 0 Å². The fourth-order valence-corrected chi connectivity index (χ4v) is 2.85. The lowest BCUT2D eigenvalue weighted by atomic mass is 10.1. The summed E-state index contributed by atoms with van der Waals surface area (Å²) in [5, 5.41) is 14.5. The first-order valence-electron chi connectivity index (χ1n) is 7.25. The third-order valence-electron chi connectivity index (χ3n) is 3.24. The van der Waals surface area contributed by atoms with E-state index in [0.29, 0.717) is 11.3 Å². The molecule has 124 valence electrons. The van der Waals surface area contributed by atoms with Gasteiger partial charge in [0.15, 0.2) is 0 Å². The summed E-state index contributed by atoms with van der Waals surface area (Å²) in [4.78, 5) is 21.9. The minimum atomic E-state index is -0.474. The van der Waals surface area contributed by atoms with Crippen LogP contribution < -0.4 is 5.43 Å². The average molecular weight is 343 g/mol. The maximum Gasteiger partial charge on any atom is 0.270 e. The zero-order valence-electron chi connectivity index (χ0n) is 13.1. The number of aryl methyl sites for hydroxylation is 1. The zero-order chi connectivity index (χ0) is 17.4. The molecule has 7 heteroatoms. The smallest absolute Gasteiger partial charge is 0.270 e. The average Bonchev–Trinajstić information content (AvgIpc) is 2.57. The van der Waals surface area contributed by atoms with Crippen LogP contribution in [0.2, 0.25) is 0 Å². The summed E-state index contributed by atoms with van der Waals surface area (Å²) in [6.45, 7) is 2.04. The molecule has 6 nitrogen and oxygen atoms in total. The van der Waals surface area contributed by atoms with E-state index >= 15 is 0 Å². The second kappa shape index (κ2) is 8.83. The van der Waals surface area contributed by atoms with E-state index in [2.05, 4.69) is 10.5 Å². The summed E-state index contributed by atoms with van der Waals surface area (Å²) in [5.41, 5.74) is 5.37. The van der Waals surface area contributed by atoms with E-state index < -0.39 is 4.92 Å². The molecule has 0 aliphatic carbocycles. The van der Waals surface area contributed by atoms with Crippen molar-refractivity contribution in [2.24, 2.45) is 5.10 Å². The minimum absolute atomic E-state index is 0.0148. The van der Waals surface area contributed by atoms with Gasteiger partial charge in [0, 0.05) is 23.4 Å². The van der Waals surface area contributed by atoms with E-state index in [9.17, 15) is 14.9 Å². The van der Waals surface area contributed by atoms with Gasteiger partial charge in [0.05, 0.1) is 16.9 Å². The lowest BCUT2D eigenvalue weighted by Crippen LogP contribution is -2.19. The van der Waals surface area contributed by atoms with Gasteiger partial charge in [0.25, 0.3) is 5.69 Å². The third kappa shape index (κ3) is 5.51. The SMILES string of the molecule is Cc1ccccc1CSCC(=O)N/N=C\c1cccc([N+](=O)[O-])c1. The van der Waals surface area contributed by atoms with Gasteiger partial charge in [0.1, 0.15) is 0 Å². The van der Waals surface area contributed by atoms with Crippen LogP contribution in [0, 0.1) is 17.0 Å². The lowest BCUT2D eigenvalue weighted by molar-refractivity contribution is -0.384. The van der Waals surface area contributed by atoms with Crippen molar-refractivity contribution in [1.82, 2.24) is 5.43 Å². The molecule has 0 aromatic heterocycles. The fraction of sp³-hybridized carbons (Fsp3) is 0.176. The van der Waals surface area contributed by atoms with E-state index in [4.69, 9.17) is 0 Å². The van der Waals surface area contributed by atoms with Crippen molar-refractivity contribution in [3.05, 3.63) is 75.3 Å². The number of hydrogen-bond acceptors (Lipinski definition) is 5. The van der Waals surface area contributed by atoms with Gasteiger partial charge in [-0.3, -0.25) is 14.9 Å². The predicted molar refractivity (Wildman–Crippen MR) is 96.2 cm³/mol. The number of carbonyl (C=O) groups is 1. The molecule has 0 aliphatic rings. The number of amides is 1. The molecule has 0 atom stereocenters. The van der Waals surface area contributed by atoms with Gasteiger partial charge >= 0.3 is 0 Å². The standard InChI is InChI=1S/C17H17N3O3S/c1-13-5-2-3-7-15(13)11-24-12-17(21)19-18-10-14-6-4-8-16(9-14)20(22)23/h2-10H,11-12H2,1H3,(H,19,21)/b18-10-. The van der Waals surface area contributed by atoms with Crippen LogP contribution in [0.3, 0.4) is 0 Å². The first-order chi connectivity index (χ1) is 11.6. The number of nitrogens with one attached hydrogen (secondary N) is 1. The predicted octanol–water partition coefficient (Wildman–Crippen LogP) is 3.29. The quantitative estimate of drug-likeness (QED) is 0.475. The zero-order valence-corrected chi connectivity index (χ0v) is 14.0. The second-order valence-electron chi connectivity index (χ2n) is 5.06. The molecule has 0 unspecified atom stereocenters. The first-order valence-corrected chi connectivity index (χ1v) is 8.40. The summed E-state index contributed by atoms with van der Waals surface area (Å²) in [6.07, 6.45) is 1.39. The Balaban J connectivity index is 1.78. The summed E-state index contributed by atoms with van der Waals surface area (Å²) in [5.74, 6) is 0.838. The molecule has 0 saturated carbocycles. The molecule has 0 spiro atoms. The van der Waals surface area contributed by atoms with Crippen LogP contribution in [0.15, 0.2) is 53.6 Å². The van der Waals surface area contributed by atoms with Gasteiger partial charge in [-0.15, -0.1) is 11.8 Å². The first kappa shape index (κ1) is 17.7. The molecular weight excluding hydrogens is 326 g/mol. The molecule has 0 aliphatic heterocycles. The number of hydrazone groups is 1. The number of hydrogen-bond donors (Lipinski definition) is 1. The highest BCUT2D eigenvalue weighted by Gasteiger charge is 2.05. The number of nitro groups is 1. The molecular formula is C17H17N3O3S. The monoisotopic (exact) mass is 343 g/mol. The molecule has 0 heterocycles. The number of nitrogens with zero attached hydrogens (tertiary/aromatic N) is 2. The highest BCUT2D eigenvalue weighted by Crippen LogP contribution is 2.15. The Morgan fingerprint density at radius 2 is 2.08 bits per heavy atom. The van der Waals surface area contributed by atoms with Crippen molar-refractivity contribution in [3.63, 3.8) is 0 Å². The minimum Gasteiger partial charge on any atom is -0.272 e. The van der Waals surface area contributed by atoms with E-state index in [1.165, 1.54) is 41.2 Å². The molecule has 2 aromatic rings. The molecule has 1 amide bonds. The van der Waals surface area contributed by atoms with Gasteiger partial charge in [-0.05, 0) is 18.1 Å². The number of nitro benzene ring substituents is 1. The highest BCUT2D eigenvalue weighted by molar-refractivity contribution is 7.99. The molecule has 0 radical (unpaired) electrons. The Morgan fingerprint density at radius 1 is 1.29 bits per heavy atom. The third-order valence-corrected chi connectivity index (χ3v) is 4.22. The number of non-ortho nitro benzene ring substituents is 1. The fourth-order valence-electron chi connectivity index (χ4n) is 1.96. The van der Waals surface area contributed by atoms with Crippen molar-refractivity contribution < 1.29 is 9.72 Å². The lowest BCUT2D eigenvalue weighted by Gasteiger charge is -2.04. The molecule has 1 N–H and O–H groups in total. The maximum absolute atomic E-state index is 11.7. The highest BCUT2D eigenvalue weighted by atomic mass is 32.2. The van der Waals surface area contributed by atoms with Gasteiger partial charge in [0.2, 0.25) is 5.91 Å². The van der Waals surface area contributed by atoms with Crippen LogP contribution >= 0.6 is 11.8 Å². The molecule has 0 fully saturated rings. The Hall–Kier alpha value is -2.67. The normalized spacial score (nSPS) is 10.7. The van der Waals surface area contributed by atoms with E-state index in [0.717, 1.165) is 5.75 Å². The number of rotatable bonds is 7. The van der Waals surface area contributed by atoms with Gasteiger partial charge in [-0.1, -0.05) is 36.4 Å². The molecule has 0 bridgehead atoms. The summed E-state index contributed by atoms with van der Waals surface area (Å²) in [6, 6.07) is 14.1. The molecule has 0 saturated heterocycles. The van der Waals surface area contributed by atoms with Gasteiger partial charge < -0.3 is 0 Å². The maximum atomic E-state index is 11.7. The number of carbonyl (C=O) groups excluding carboxylic acids is 1. The van der Waals surface area contributed by atoms with Crippen LogP contribution in [0.25, 0.3) is 0 Å². The Morgan fingerprint density at radius 3 is 2.83 bits per heavy atom. The Bertz CT molecular complexity index is 762. The van der Waals surface area contributed by atoms with Crippen molar-refractivity contribution in [2.75, 3.05) is 5.75 Å². The molecule has 2 aromatic carbocycles. The van der Waals surface area contributed by atoms with Crippen LogP contribution in [-0.2, 0) is 10.5 Å². The molecule has 2 rings (SSSR count). The number of benzene rings is 2. The van der Waals surface area contributed by atoms with E-state index in [1.807, 2.05) is 31.2 Å². The van der Waals surface area contributed by atoms with Crippen LogP contribution in [0.4, 0.5) is 5.69 Å². The van der Waals surface area contributed by atoms with Crippen LogP contribution in [-0.4, -0.2) is 22.8 Å². The second-order valence-corrected chi connectivity index (χ2v) is 6.05. The summed E-state index contributed by atoms with van der Waals surface area (Å²) >= 11 is 1.51. The molecule has 24 heavy (non-hydrogen) atoms. The summed E-state index contributed by atoms with van der Waals surface area (Å²) in [7, 11) is 0. The van der Waals surface area contributed by atoms with Gasteiger partial charge in [-0.2, -0.15) is 5.10 Å². The van der Waals surface area contributed by atoms with Crippen molar-refractivity contribution in [1.29, 1.82) is 0 Å². The van der Waals surface area contributed by atoms with E-state index in [-0.39, 0.29) is 11.6 Å². The largest absolute Gasteiger partial charge is 0.272 e. The van der Waals surface area contributed by atoms with E-state index in [1.54, 1.807) is 12.1 Å². The summed E-state index contributed by atoms with van der Waals surface area (Å²) < 4.78 is 0.